The lowest BCUT2D eigenvalue weighted by molar-refractivity contribution is 0.0526. The van der Waals surface area contributed by atoms with E-state index < -0.39 is 0 Å². The van der Waals surface area contributed by atoms with E-state index in [2.05, 4.69) is 29.0 Å². The van der Waals surface area contributed by atoms with Gasteiger partial charge in [0.15, 0.2) is 0 Å². The van der Waals surface area contributed by atoms with Gasteiger partial charge in [-0.15, -0.1) is 0 Å². The van der Waals surface area contributed by atoms with Crippen molar-refractivity contribution in [2.75, 3.05) is 26.3 Å². The molecule has 0 atom stereocenters. The molecule has 92 valence electrons. The second kappa shape index (κ2) is 6.40. The van der Waals surface area contributed by atoms with Gasteiger partial charge < -0.3 is 9.64 Å². The van der Waals surface area contributed by atoms with E-state index in [1.54, 1.807) is 0 Å². The molecule has 3 nitrogen and oxygen atoms in total. The minimum atomic E-state index is 0.837. The number of nitrogens with zero attached hydrogens (tertiary/aromatic N) is 2. The highest BCUT2D eigenvalue weighted by Gasteiger charge is 2.13. The van der Waals surface area contributed by atoms with E-state index in [0.29, 0.717) is 0 Å². The molecule has 0 aromatic carbocycles. The predicted octanol–water partition coefficient (Wildman–Crippen LogP) is 2.55. The van der Waals surface area contributed by atoms with Crippen molar-refractivity contribution in [1.29, 1.82) is 0 Å². The number of allylic oxidation sites excluding steroid dienone is 1. The van der Waals surface area contributed by atoms with Gasteiger partial charge in [0, 0.05) is 25.0 Å². The van der Waals surface area contributed by atoms with Crippen molar-refractivity contribution in [3.63, 3.8) is 0 Å². The van der Waals surface area contributed by atoms with E-state index >= 15 is 0 Å². The minimum Gasteiger partial charge on any atom is -0.378 e. The lowest BCUT2D eigenvalue weighted by atomic mass is 10.2. The summed E-state index contributed by atoms with van der Waals surface area (Å²) in [5, 5.41) is 0. The molecule has 1 aromatic rings. The molecule has 0 radical (unpaired) electrons. The third-order valence-electron chi connectivity index (χ3n) is 2.93. The van der Waals surface area contributed by atoms with Crippen LogP contribution < -0.4 is 0 Å². The molecule has 1 saturated heterocycles. The van der Waals surface area contributed by atoms with Gasteiger partial charge >= 0.3 is 0 Å². The molecule has 0 aliphatic carbocycles. The summed E-state index contributed by atoms with van der Waals surface area (Å²) in [6.07, 6.45) is 6.32. The molecule has 1 aliphatic rings. The quantitative estimate of drug-likeness (QED) is 0.797. The van der Waals surface area contributed by atoms with Crippen LogP contribution in [0.15, 0.2) is 30.1 Å². The maximum absolute atomic E-state index is 5.39. The maximum atomic E-state index is 5.39. The molecule has 17 heavy (non-hydrogen) atoms. The fourth-order valence-corrected chi connectivity index (χ4v) is 2.06. The SMILES string of the molecule is CCC/C(=C\c1ccccn1)N1CCOCC1. The highest BCUT2D eigenvalue weighted by atomic mass is 16.5. The topological polar surface area (TPSA) is 25.4 Å². The zero-order valence-electron chi connectivity index (χ0n) is 10.4. The zero-order chi connectivity index (χ0) is 11.9. The van der Waals surface area contributed by atoms with Crippen molar-refractivity contribution >= 4 is 6.08 Å². The van der Waals surface area contributed by atoms with Gasteiger partial charge in [0.1, 0.15) is 0 Å². The average Bonchev–Trinajstić information content (AvgIpc) is 2.40. The van der Waals surface area contributed by atoms with Crippen LogP contribution in [0.4, 0.5) is 0 Å². The Labute approximate surface area is 103 Å². The van der Waals surface area contributed by atoms with Gasteiger partial charge in [0.2, 0.25) is 0 Å². The van der Waals surface area contributed by atoms with Crippen molar-refractivity contribution < 1.29 is 4.74 Å². The van der Waals surface area contributed by atoms with E-state index in [1.807, 2.05) is 18.3 Å². The first-order valence-electron chi connectivity index (χ1n) is 6.34. The Hall–Kier alpha value is -1.35. The monoisotopic (exact) mass is 232 g/mol. The third-order valence-corrected chi connectivity index (χ3v) is 2.93. The predicted molar refractivity (Wildman–Crippen MR) is 69.5 cm³/mol. The van der Waals surface area contributed by atoms with Gasteiger partial charge in [-0.1, -0.05) is 19.4 Å². The summed E-state index contributed by atoms with van der Waals surface area (Å²) < 4.78 is 5.39. The minimum absolute atomic E-state index is 0.837. The Bertz CT molecular complexity index is 356. The van der Waals surface area contributed by atoms with E-state index in [4.69, 9.17) is 4.74 Å². The van der Waals surface area contributed by atoms with Crippen molar-refractivity contribution in [3.05, 3.63) is 35.8 Å². The van der Waals surface area contributed by atoms with E-state index in [1.165, 1.54) is 5.70 Å². The first kappa shape index (κ1) is 12.1. The van der Waals surface area contributed by atoms with E-state index in [-0.39, 0.29) is 0 Å². The molecule has 0 N–H and O–H groups in total. The summed E-state index contributed by atoms with van der Waals surface area (Å²) in [5.74, 6) is 0. The second-order valence-corrected chi connectivity index (χ2v) is 4.24. The van der Waals surface area contributed by atoms with E-state index in [9.17, 15) is 0 Å². The molecule has 3 heteroatoms. The van der Waals surface area contributed by atoms with Gasteiger partial charge in [0.05, 0.1) is 18.9 Å². The summed E-state index contributed by atoms with van der Waals surface area (Å²) in [7, 11) is 0. The number of morpholine rings is 1. The van der Waals surface area contributed by atoms with Crippen molar-refractivity contribution in [2.45, 2.75) is 19.8 Å². The highest BCUT2D eigenvalue weighted by Crippen LogP contribution is 2.16. The van der Waals surface area contributed by atoms with Gasteiger partial charge in [-0.05, 0) is 24.6 Å². The smallest absolute Gasteiger partial charge is 0.0646 e. The van der Waals surface area contributed by atoms with Crippen LogP contribution in [0.2, 0.25) is 0 Å². The first-order valence-corrected chi connectivity index (χ1v) is 6.34. The molecule has 0 unspecified atom stereocenters. The molecule has 1 aliphatic heterocycles. The average molecular weight is 232 g/mol. The Kier molecular flexibility index (Phi) is 4.56. The van der Waals surface area contributed by atoms with Crippen molar-refractivity contribution in [2.24, 2.45) is 0 Å². The molecule has 2 heterocycles. The van der Waals surface area contributed by atoms with E-state index in [0.717, 1.165) is 44.8 Å². The largest absolute Gasteiger partial charge is 0.378 e. The Balaban J connectivity index is 2.12. The Morgan fingerprint density at radius 1 is 1.41 bits per heavy atom. The summed E-state index contributed by atoms with van der Waals surface area (Å²) in [5.41, 5.74) is 2.43. The van der Waals surface area contributed by atoms with Crippen LogP contribution in [0.1, 0.15) is 25.5 Å². The summed E-state index contributed by atoms with van der Waals surface area (Å²) >= 11 is 0. The highest BCUT2D eigenvalue weighted by molar-refractivity contribution is 5.48. The van der Waals surface area contributed by atoms with Crippen molar-refractivity contribution in [1.82, 2.24) is 9.88 Å². The molecule has 0 amide bonds. The molecule has 0 bridgehead atoms. The molecule has 2 rings (SSSR count). The molecule has 0 saturated carbocycles. The van der Waals surface area contributed by atoms with Gasteiger partial charge in [-0.3, -0.25) is 4.98 Å². The summed E-state index contributed by atoms with van der Waals surface area (Å²) in [6, 6.07) is 6.03. The Morgan fingerprint density at radius 2 is 2.24 bits per heavy atom. The summed E-state index contributed by atoms with van der Waals surface area (Å²) in [4.78, 5) is 6.78. The standard InChI is InChI=1S/C14H20N2O/c1-2-5-14(16-8-10-17-11-9-16)12-13-6-3-4-7-15-13/h3-4,6-7,12H,2,5,8-11H2,1H3/b14-12+. The number of hydrogen-bond donors (Lipinski definition) is 0. The molecule has 0 spiro atoms. The second-order valence-electron chi connectivity index (χ2n) is 4.24. The molecule has 1 aromatic heterocycles. The zero-order valence-corrected chi connectivity index (χ0v) is 10.4. The number of hydrogen-bond acceptors (Lipinski definition) is 3. The van der Waals surface area contributed by atoms with Crippen molar-refractivity contribution in [3.8, 4) is 0 Å². The van der Waals surface area contributed by atoms with Crippen LogP contribution in [0.25, 0.3) is 6.08 Å². The van der Waals surface area contributed by atoms with Crippen LogP contribution >= 0.6 is 0 Å². The number of ether oxygens (including phenoxy) is 1. The Morgan fingerprint density at radius 3 is 2.88 bits per heavy atom. The normalized spacial score (nSPS) is 17.2. The number of pyridine rings is 1. The maximum Gasteiger partial charge on any atom is 0.0646 e. The third kappa shape index (κ3) is 3.56. The lowest BCUT2D eigenvalue weighted by Gasteiger charge is -2.31. The molecular formula is C14H20N2O. The van der Waals surface area contributed by atoms with Crippen LogP contribution in [0, 0.1) is 0 Å². The van der Waals surface area contributed by atoms with Crippen LogP contribution in [-0.4, -0.2) is 36.2 Å². The fraction of sp³-hybridized carbons (Fsp3) is 0.500. The molecular weight excluding hydrogens is 212 g/mol. The lowest BCUT2D eigenvalue weighted by Crippen LogP contribution is -2.35. The molecule has 1 fully saturated rings. The van der Waals surface area contributed by atoms with Crippen LogP contribution in [0.5, 0.6) is 0 Å². The van der Waals surface area contributed by atoms with Gasteiger partial charge in [-0.25, -0.2) is 0 Å². The van der Waals surface area contributed by atoms with Crippen LogP contribution in [-0.2, 0) is 4.74 Å². The fourth-order valence-electron chi connectivity index (χ4n) is 2.06. The first-order chi connectivity index (χ1) is 8.40. The van der Waals surface area contributed by atoms with Gasteiger partial charge in [0.25, 0.3) is 0 Å². The number of aromatic nitrogens is 1. The van der Waals surface area contributed by atoms with Gasteiger partial charge in [-0.2, -0.15) is 0 Å². The van der Waals surface area contributed by atoms with Crippen LogP contribution in [0.3, 0.4) is 0 Å². The summed E-state index contributed by atoms with van der Waals surface area (Å²) in [6.45, 7) is 5.89. The number of rotatable bonds is 4.